The normalized spacial score (nSPS) is 12.3. The quantitative estimate of drug-likeness (QED) is 0.167. The fourth-order valence-corrected chi connectivity index (χ4v) is 13.2. The number of nitrogens with zero attached hydrogens (tertiary/aromatic N) is 3. The monoisotopic (exact) mass is 861 g/mol. The summed E-state index contributed by atoms with van der Waals surface area (Å²) in [6, 6.07) is 79.0. The Balaban J connectivity index is 1.02. The summed E-state index contributed by atoms with van der Waals surface area (Å²) in [6.45, 7) is 0. The Morgan fingerprint density at radius 1 is 0.246 bits per heavy atom. The van der Waals surface area contributed by atoms with E-state index in [1.165, 1.54) is 123 Å². The van der Waals surface area contributed by atoms with Gasteiger partial charge < -0.3 is 13.7 Å². The van der Waals surface area contributed by atoms with Gasteiger partial charge in [0.15, 0.2) is 0 Å². The summed E-state index contributed by atoms with van der Waals surface area (Å²) < 4.78 is 12.8. The molecule has 0 amide bonds. The van der Waals surface area contributed by atoms with Gasteiger partial charge in [0, 0.05) is 89.7 Å². The van der Waals surface area contributed by atoms with Crippen LogP contribution in [0.3, 0.4) is 0 Å². The van der Waals surface area contributed by atoms with E-state index in [2.05, 4.69) is 226 Å². The first-order valence-electron chi connectivity index (χ1n) is 22.2. The lowest BCUT2D eigenvalue weighted by Gasteiger charge is -2.12. The zero-order valence-corrected chi connectivity index (χ0v) is 36.5. The molecule has 0 aliphatic heterocycles. The standard InChI is InChI=1S/C60H35N3S2/c1-2-14-38(15-3-1)63-59-43(44-28-30-52-58(60(44)63)46-20-5-9-22-50(46)62(52)40-26-32-56-48(35-40)42-18-7-11-24-54(42)65-56)27-29-51-57(59)45-19-4-8-21-49(45)61(51)39-16-12-13-36(33-39)37-25-31-55-47(34-37)41-17-6-10-23-53(41)64-55/h1-35H. The minimum atomic E-state index is 1.14. The summed E-state index contributed by atoms with van der Waals surface area (Å²) in [4.78, 5) is 0. The van der Waals surface area contributed by atoms with E-state index in [4.69, 9.17) is 0 Å². The molecule has 5 heteroatoms. The molecule has 15 rings (SSSR count). The Morgan fingerprint density at radius 3 is 1.35 bits per heavy atom. The number of aromatic nitrogens is 3. The molecule has 0 bridgehead atoms. The summed E-state index contributed by atoms with van der Waals surface area (Å²) >= 11 is 3.73. The van der Waals surface area contributed by atoms with Crippen LogP contribution in [0.2, 0.25) is 0 Å². The molecule has 302 valence electrons. The molecule has 0 N–H and O–H groups in total. The van der Waals surface area contributed by atoms with E-state index in [1.807, 2.05) is 22.7 Å². The van der Waals surface area contributed by atoms with Crippen molar-refractivity contribution in [1.82, 2.24) is 13.7 Å². The third kappa shape index (κ3) is 4.94. The third-order valence-electron chi connectivity index (χ3n) is 13.8. The van der Waals surface area contributed by atoms with Crippen LogP contribution in [0.25, 0.3) is 134 Å². The zero-order valence-electron chi connectivity index (χ0n) is 34.9. The van der Waals surface area contributed by atoms with Gasteiger partial charge in [-0.05, 0) is 102 Å². The molecule has 0 aliphatic rings. The van der Waals surface area contributed by atoms with Crippen molar-refractivity contribution >= 4 is 128 Å². The lowest BCUT2D eigenvalue weighted by Crippen LogP contribution is -1.96. The number of fused-ring (bicyclic) bond motifs is 17. The number of para-hydroxylation sites is 3. The second-order valence-electron chi connectivity index (χ2n) is 17.2. The van der Waals surface area contributed by atoms with Gasteiger partial charge in [-0.1, -0.05) is 121 Å². The van der Waals surface area contributed by atoms with Crippen molar-refractivity contribution in [3.8, 4) is 28.2 Å². The van der Waals surface area contributed by atoms with Crippen molar-refractivity contribution in [2.75, 3.05) is 0 Å². The van der Waals surface area contributed by atoms with Crippen molar-refractivity contribution in [1.29, 1.82) is 0 Å². The van der Waals surface area contributed by atoms with Crippen LogP contribution in [0, 0.1) is 0 Å². The molecule has 0 spiro atoms. The third-order valence-corrected chi connectivity index (χ3v) is 16.1. The molecule has 0 radical (unpaired) electrons. The average molecular weight is 862 g/mol. The van der Waals surface area contributed by atoms with Crippen molar-refractivity contribution in [3.63, 3.8) is 0 Å². The van der Waals surface area contributed by atoms with Gasteiger partial charge in [0.2, 0.25) is 0 Å². The van der Waals surface area contributed by atoms with Crippen LogP contribution in [0.4, 0.5) is 0 Å². The molecule has 0 saturated heterocycles. The van der Waals surface area contributed by atoms with Gasteiger partial charge in [-0.3, -0.25) is 0 Å². The van der Waals surface area contributed by atoms with E-state index in [9.17, 15) is 0 Å². The maximum absolute atomic E-state index is 2.56. The van der Waals surface area contributed by atoms with E-state index in [0.29, 0.717) is 0 Å². The van der Waals surface area contributed by atoms with Gasteiger partial charge in [-0.2, -0.15) is 0 Å². The highest BCUT2D eigenvalue weighted by molar-refractivity contribution is 7.26. The minimum Gasteiger partial charge on any atom is -0.309 e. The van der Waals surface area contributed by atoms with Crippen LogP contribution < -0.4 is 0 Å². The van der Waals surface area contributed by atoms with Crippen LogP contribution in [-0.2, 0) is 0 Å². The summed E-state index contributed by atoms with van der Waals surface area (Å²) in [5, 5.41) is 12.7. The van der Waals surface area contributed by atoms with Gasteiger partial charge in [0.25, 0.3) is 0 Å². The molecule has 5 aromatic heterocycles. The van der Waals surface area contributed by atoms with Gasteiger partial charge in [-0.15, -0.1) is 22.7 Å². The predicted molar refractivity (Wildman–Crippen MR) is 281 cm³/mol. The molecule has 0 unspecified atom stereocenters. The Morgan fingerprint density at radius 2 is 0.723 bits per heavy atom. The Labute approximate surface area is 380 Å². The number of hydrogen-bond acceptors (Lipinski definition) is 2. The largest absolute Gasteiger partial charge is 0.309 e. The summed E-state index contributed by atoms with van der Waals surface area (Å²) in [7, 11) is 0. The summed E-state index contributed by atoms with van der Waals surface area (Å²) in [5.74, 6) is 0. The van der Waals surface area contributed by atoms with Gasteiger partial charge in [-0.25, -0.2) is 0 Å². The Hall–Kier alpha value is -7.96. The fraction of sp³-hybridized carbons (Fsp3) is 0. The van der Waals surface area contributed by atoms with Crippen LogP contribution >= 0.6 is 22.7 Å². The van der Waals surface area contributed by atoms with Crippen molar-refractivity contribution in [3.05, 3.63) is 212 Å². The second-order valence-corrected chi connectivity index (χ2v) is 19.4. The lowest BCUT2D eigenvalue weighted by molar-refractivity contribution is 1.17. The lowest BCUT2D eigenvalue weighted by atomic mass is 10.0. The van der Waals surface area contributed by atoms with Crippen LogP contribution in [0.15, 0.2) is 212 Å². The molecule has 65 heavy (non-hydrogen) atoms. The topological polar surface area (TPSA) is 14.8 Å². The molecule has 10 aromatic carbocycles. The highest BCUT2D eigenvalue weighted by Crippen LogP contribution is 2.47. The molecular formula is C60H35N3S2. The van der Waals surface area contributed by atoms with Gasteiger partial charge >= 0.3 is 0 Å². The van der Waals surface area contributed by atoms with E-state index in [0.717, 1.165) is 11.4 Å². The Bertz CT molecular complexity index is 4480. The number of hydrogen-bond donors (Lipinski definition) is 0. The van der Waals surface area contributed by atoms with E-state index >= 15 is 0 Å². The second kappa shape index (κ2) is 13.3. The molecule has 3 nitrogen and oxygen atoms in total. The van der Waals surface area contributed by atoms with Crippen LogP contribution in [0.1, 0.15) is 0 Å². The zero-order chi connectivity index (χ0) is 42.3. The fourth-order valence-electron chi connectivity index (χ4n) is 11.1. The maximum Gasteiger partial charge on any atom is 0.0641 e. The average Bonchev–Trinajstić information content (AvgIpc) is 4.17. The first-order chi connectivity index (χ1) is 32.2. The first kappa shape index (κ1) is 35.5. The predicted octanol–water partition coefficient (Wildman–Crippen LogP) is 17.4. The first-order valence-corrected chi connectivity index (χ1v) is 23.8. The van der Waals surface area contributed by atoms with Crippen LogP contribution in [-0.4, -0.2) is 13.7 Å². The smallest absolute Gasteiger partial charge is 0.0641 e. The maximum atomic E-state index is 2.56. The molecule has 0 aliphatic carbocycles. The highest BCUT2D eigenvalue weighted by atomic mass is 32.1. The van der Waals surface area contributed by atoms with Crippen molar-refractivity contribution < 1.29 is 0 Å². The van der Waals surface area contributed by atoms with Crippen molar-refractivity contribution in [2.24, 2.45) is 0 Å². The number of rotatable bonds is 4. The molecule has 0 atom stereocenters. The molecular weight excluding hydrogens is 827 g/mol. The van der Waals surface area contributed by atoms with Gasteiger partial charge in [0.05, 0.1) is 33.1 Å². The Kier molecular flexibility index (Phi) is 7.26. The van der Waals surface area contributed by atoms with Crippen LogP contribution in [0.5, 0.6) is 0 Å². The van der Waals surface area contributed by atoms with E-state index in [1.54, 1.807) is 0 Å². The number of thiophene rings is 2. The van der Waals surface area contributed by atoms with Gasteiger partial charge in [0.1, 0.15) is 0 Å². The van der Waals surface area contributed by atoms with Crippen molar-refractivity contribution in [2.45, 2.75) is 0 Å². The van der Waals surface area contributed by atoms with E-state index in [-0.39, 0.29) is 0 Å². The minimum absolute atomic E-state index is 1.14. The molecule has 5 heterocycles. The summed E-state index contributed by atoms with van der Waals surface area (Å²) in [6.07, 6.45) is 0. The number of benzene rings is 10. The molecule has 0 fully saturated rings. The SMILES string of the molecule is c1ccc(-n2c3c(ccc4c3c3ccccc3n4-c3cccc(-c4ccc5sc6ccccc6c5c4)c3)c3ccc4c(c5ccccc5n4-c4ccc5sc6ccccc6c5c4)c32)cc1. The molecule has 0 saturated carbocycles. The molecule has 15 aromatic rings. The highest BCUT2D eigenvalue weighted by Gasteiger charge is 2.25. The summed E-state index contributed by atoms with van der Waals surface area (Å²) in [5.41, 5.74) is 13.1. The van der Waals surface area contributed by atoms with E-state index < -0.39 is 0 Å².